The molecule has 25 heavy (non-hydrogen) atoms. The lowest BCUT2D eigenvalue weighted by molar-refractivity contribution is -0.133. The van der Waals surface area contributed by atoms with Crippen molar-refractivity contribution in [3.63, 3.8) is 0 Å². The summed E-state index contributed by atoms with van der Waals surface area (Å²) in [5.74, 6) is -0.359. The molecule has 0 unspecified atom stereocenters. The number of hydrogen-bond donors (Lipinski definition) is 1. The monoisotopic (exact) mass is 339 g/mol. The predicted molar refractivity (Wildman–Crippen MR) is 99.1 cm³/mol. The van der Waals surface area contributed by atoms with E-state index in [1.54, 1.807) is 12.4 Å². The van der Waals surface area contributed by atoms with Crippen LogP contribution >= 0.6 is 0 Å². The second-order valence-corrected chi connectivity index (χ2v) is 7.11. The number of anilines is 1. The van der Waals surface area contributed by atoms with E-state index in [1.807, 2.05) is 36.4 Å². The molecule has 2 aromatic rings. The fourth-order valence-electron chi connectivity index (χ4n) is 2.41. The quantitative estimate of drug-likeness (QED) is 0.908. The minimum Gasteiger partial charge on any atom is -0.329 e. The van der Waals surface area contributed by atoms with Crippen LogP contribution in [-0.4, -0.2) is 28.2 Å². The second kappa shape index (κ2) is 7.92. The van der Waals surface area contributed by atoms with Crippen molar-refractivity contribution in [2.24, 2.45) is 0 Å². The van der Waals surface area contributed by atoms with Gasteiger partial charge >= 0.3 is 0 Å². The van der Waals surface area contributed by atoms with Crippen molar-refractivity contribution in [2.45, 2.75) is 39.7 Å². The number of nitrogens with one attached hydrogen (secondary N) is 1. The minimum absolute atomic E-state index is 0.0126. The highest BCUT2D eigenvalue weighted by Crippen LogP contribution is 2.23. The molecule has 0 saturated heterocycles. The van der Waals surface area contributed by atoms with Crippen molar-refractivity contribution in [2.75, 3.05) is 11.9 Å². The van der Waals surface area contributed by atoms with E-state index >= 15 is 0 Å². The summed E-state index contributed by atoms with van der Waals surface area (Å²) in [6.45, 7) is 8.29. The summed E-state index contributed by atoms with van der Waals surface area (Å²) in [7, 11) is 0. The van der Waals surface area contributed by atoms with E-state index in [4.69, 9.17) is 0 Å². The van der Waals surface area contributed by atoms with E-state index < -0.39 is 0 Å². The van der Waals surface area contributed by atoms with Crippen molar-refractivity contribution >= 4 is 17.5 Å². The molecule has 5 heteroatoms. The Balaban J connectivity index is 1.98. The van der Waals surface area contributed by atoms with Gasteiger partial charge in [-0.1, -0.05) is 32.9 Å². The van der Waals surface area contributed by atoms with Gasteiger partial charge in [0, 0.05) is 31.5 Å². The molecule has 2 amide bonds. The van der Waals surface area contributed by atoms with Crippen LogP contribution in [0.1, 0.15) is 38.8 Å². The first kappa shape index (κ1) is 18.6. The van der Waals surface area contributed by atoms with Crippen LogP contribution in [0.4, 0.5) is 5.69 Å². The lowest BCUT2D eigenvalue weighted by Gasteiger charge is -2.21. The normalized spacial score (nSPS) is 11.0. The SMILES string of the molecule is CC(=O)N(CC(=O)Nc1ccc(C(C)(C)C)cc1)Cc1ccncc1. The molecule has 0 fully saturated rings. The molecule has 0 bridgehead atoms. The number of amides is 2. The maximum Gasteiger partial charge on any atom is 0.244 e. The van der Waals surface area contributed by atoms with Gasteiger partial charge in [-0.15, -0.1) is 0 Å². The summed E-state index contributed by atoms with van der Waals surface area (Å²) in [6, 6.07) is 11.5. The van der Waals surface area contributed by atoms with E-state index in [0.29, 0.717) is 6.54 Å². The largest absolute Gasteiger partial charge is 0.329 e. The van der Waals surface area contributed by atoms with Gasteiger partial charge in [0.15, 0.2) is 0 Å². The molecule has 2 rings (SSSR count). The van der Waals surface area contributed by atoms with Gasteiger partial charge in [0.2, 0.25) is 11.8 Å². The summed E-state index contributed by atoms with van der Waals surface area (Å²) in [4.78, 5) is 29.6. The number of rotatable bonds is 5. The average Bonchev–Trinajstić information content (AvgIpc) is 2.54. The third-order valence-electron chi connectivity index (χ3n) is 3.94. The maximum atomic E-state index is 12.3. The first-order valence-electron chi connectivity index (χ1n) is 8.30. The first-order chi connectivity index (χ1) is 11.8. The van der Waals surface area contributed by atoms with Gasteiger partial charge in [0.1, 0.15) is 6.54 Å². The second-order valence-electron chi connectivity index (χ2n) is 7.11. The zero-order chi connectivity index (χ0) is 18.4. The molecular weight excluding hydrogens is 314 g/mol. The van der Waals surface area contributed by atoms with Gasteiger partial charge in [-0.2, -0.15) is 0 Å². The topological polar surface area (TPSA) is 62.3 Å². The molecule has 0 aliphatic carbocycles. The van der Waals surface area contributed by atoms with Crippen LogP contribution in [0.2, 0.25) is 0 Å². The molecule has 132 valence electrons. The van der Waals surface area contributed by atoms with Gasteiger partial charge in [-0.05, 0) is 40.8 Å². The molecule has 1 heterocycles. The van der Waals surface area contributed by atoms with Gasteiger partial charge < -0.3 is 10.2 Å². The number of aromatic nitrogens is 1. The van der Waals surface area contributed by atoms with E-state index in [9.17, 15) is 9.59 Å². The number of hydrogen-bond acceptors (Lipinski definition) is 3. The Labute approximate surface area is 149 Å². The Kier molecular flexibility index (Phi) is 5.91. The predicted octanol–water partition coefficient (Wildman–Crippen LogP) is 3.37. The van der Waals surface area contributed by atoms with Gasteiger partial charge in [-0.3, -0.25) is 14.6 Å². The summed E-state index contributed by atoms with van der Waals surface area (Å²) < 4.78 is 0. The Morgan fingerprint density at radius 1 is 1.04 bits per heavy atom. The van der Waals surface area contributed by atoms with Crippen molar-refractivity contribution < 1.29 is 9.59 Å². The van der Waals surface area contributed by atoms with Gasteiger partial charge in [0.25, 0.3) is 0 Å². The van der Waals surface area contributed by atoms with Crippen LogP contribution in [-0.2, 0) is 21.5 Å². The number of pyridine rings is 1. The Morgan fingerprint density at radius 3 is 2.16 bits per heavy atom. The highest BCUT2D eigenvalue weighted by molar-refractivity contribution is 5.94. The van der Waals surface area contributed by atoms with Crippen LogP contribution < -0.4 is 5.32 Å². The molecule has 1 N–H and O–H groups in total. The van der Waals surface area contributed by atoms with Crippen LogP contribution in [0.5, 0.6) is 0 Å². The number of benzene rings is 1. The standard InChI is InChI=1S/C20H25N3O2/c1-15(24)23(13-16-9-11-21-12-10-16)14-19(25)22-18-7-5-17(6-8-18)20(2,3)4/h5-12H,13-14H2,1-4H3,(H,22,25). The zero-order valence-corrected chi connectivity index (χ0v) is 15.2. The van der Waals surface area contributed by atoms with Crippen LogP contribution in [0.15, 0.2) is 48.8 Å². The maximum absolute atomic E-state index is 12.3. The minimum atomic E-state index is -0.215. The molecule has 1 aromatic heterocycles. The average molecular weight is 339 g/mol. The summed E-state index contributed by atoms with van der Waals surface area (Å²) in [5, 5.41) is 2.85. The van der Waals surface area contributed by atoms with E-state index in [0.717, 1.165) is 11.3 Å². The summed E-state index contributed by atoms with van der Waals surface area (Å²) >= 11 is 0. The summed E-state index contributed by atoms with van der Waals surface area (Å²) in [5.41, 5.74) is 2.94. The molecule has 0 atom stereocenters. The number of carbonyl (C=O) groups is 2. The molecule has 0 radical (unpaired) electrons. The van der Waals surface area contributed by atoms with E-state index in [2.05, 4.69) is 31.1 Å². The smallest absolute Gasteiger partial charge is 0.244 e. The van der Waals surface area contributed by atoms with E-state index in [-0.39, 0.29) is 23.8 Å². The summed E-state index contributed by atoms with van der Waals surface area (Å²) in [6.07, 6.45) is 3.34. The number of carbonyl (C=O) groups excluding carboxylic acids is 2. The Bertz CT molecular complexity index is 719. The van der Waals surface area contributed by atoms with Crippen molar-refractivity contribution in [3.05, 3.63) is 59.9 Å². The Morgan fingerprint density at radius 2 is 1.64 bits per heavy atom. The zero-order valence-electron chi connectivity index (χ0n) is 15.2. The fourth-order valence-corrected chi connectivity index (χ4v) is 2.41. The van der Waals surface area contributed by atoms with Crippen LogP contribution in [0.3, 0.4) is 0 Å². The van der Waals surface area contributed by atoms with Gasteiger partial charge in [-0.25, -0.2) is 0 Å². The molecular formula is C20H25N3O2. The molecule has 0 saturated carbocycles. The third-order valence-corrected chi connectivity index (χ3v) is 3.94. The van der Waals surface area contributed by atoms with E-state index in [1.165, 1.54) is 17.4 Å². The van der Waals surface area contributed by atoms with Crippen molar-refractivity contribution in [1.29, 1.82) is 0 Å². The third kappa shape index (κ3) is 5.71. The number of nitrogens with zero attached hydrogens (tertiary/aromatic N) is 2. The lowest BCUT2D eigenvalue weighted by atomic mass is 9.87. The molecule has 0 aliphatic rings. The molecule has 5 nitrogen and oxygen atoms in total. The first-order valence-corrected chi connectivity index (χ1v) is 8.30. The van der Waals surface area contributed by atoms with Crippen LogP contribution in [0, 0.1) is 0 Å². The molecule has 0 aliphatic heterocycles. The van der Waals surface area contributed by atoms with Gasteiger partial charge in [0.05, 0.1) is 0 Å². The molecule has 0 spiro atoms. The molecule has 1 aromatic carbocycles. The Hall–Kier alpha value is -2.69. The lowest BCUT2D eigenvalue weighted by Crippen LogP contribution is -2.36. The van der Waals surface area contributed by atoms with Crippen LogP contribution in [0.25, 0.3) is 0 Å². The highest BCUT2D eigenvalue weighted by atomic mass is 16.2. The fraction of sp³-hybridized carbons (Fsp3) is 0.350. The highest BCUT2D eigenvalue weighted by Gasteiger charge is 2.16. The van der Waals surface area contributed by atoms with Crippen molar-refractivity contribution in [3.8, 4) is 0 Å². The van der Waals surface area contributed by atoms with Crippen molar-refractivity contribution in [1.82, 2.24) is 9.88 Å².